The van der Waals surface area contributed by atoms with Crippen LogP contribution in [0.15, 0.2) is 10.5 Å². The van der Waals surface area contributed by atoms with Gasteiger partial charge in [-0.2, -0.15) is 0 Å². The van der Waals surface area contributed by atoms with Gasteiger partial charge in [0.05, 0.1) is 0 Å². The summed E-state index contributed by atoms with van der Waals surface area (Å²) < 4.78 is 11.3. The molecule has 0 bridgehead atoms. The van der Waals surface area contributed by atoms with Crippen molar-refractivity contribution in [2.45, 2.75) is 31.1 Å². The van der Waals surface area contributed by atoms with Gasteiger partial charge in [-0.15, -0.1) is 0 Å². The van der Waals surface area contributed by atoms with Crippen LogP contribution in [0.1, 0.15) is 31.2 Å². The zero-order chi connectivity index (χ0) is 12.8. The molecule has 98 valence electrons. The lowest BCUT2D eigenvalue weighted by molar-refractivity contribution is 0.173. The van der Waals surface area contributed by atoms with Crippen molar-refractivity contribution in [3.05, 3.63) is 16.1 Å². The molecular formula is C13H16BrNO3. The van der Waals surface area contributed by atoms with E-state index in [2.05, 4.69) is 15.9 Å². The topological polar surface area (TPSA) is 64.7 Å². The average molecular weight is 314 g/mol. The smallest absolute Gasteiger partial charge is 0.231 e. The minimum absolute atomic E-state index is 0.117. The van der Waals surface area contributed by atoms with Crippen LogP contribution in [-0.4, -0.2) is 18.4 Å². The van der Waals surface area contributed by atoms with Crippen LogP contribution >= 0.6 is 15.9 Å². The Labute approximate surface area is 114 Å². The molecule has 3 rings (SSSR count). The molecule has 0 atom stereocenters. The first-order chi connectivity index (χ1) is 8.68. The molecule has 0 amide bonds. The monoisotopic (exact) mass is 313 g/mol. The van der Waals surface area contributed by atoms with E-state index in [1.807, 2.05) is 6.07 Å². The molecule has 0 radical (unpaired) electrons. The first-order valence-electron chi connectivity index (χ1n) is 6.19. The number of ether oxygens (including phenoxy) is 2. The molecular weight excluding hydrogens is 298 g/mol. The van der Waals surface area contributed by atoms with Gasteiger partial charge in [-0.1, -0.05) is 12.8 Å². The molecule has 18 heavy (non-hydrogen) atoms. The van der Waals surface area contributed by atoms with E-state index in [1.165, 1.54) is 0 Å². The van der Waals surface area contributed by atoms with Crippen LogP contribution < -0.4 is 15.2 Å². The van der Waals surface area contributed by atoms with Gasteiger partial charge in [0, 0.05) is 17.5 Å². The van der Waals surface area contributed by atoms with Crippen molar-refractivity contribution in [2.24, 2.45) is 5.73 Å². The molecule has 1 aliphatic heterocycles. The maximum atomic E-state index is 10.4. The lowest BCUT2D eigenvalue weighted by Gasteiger charge is -2.29. The molecule has 4 nitrogen and oxygen atoms in total. The van der Waals surface area contributed by atoms with Gasteiger partial charge in [-0.25, -0.2) is 0 Å². The number of aromatic hydroxyl groups is 1. The van der Waals surface area contributed by atoms with Crippen molar-refractivity contribution in [2.75, 3.05) is 13.3 Å². The van der Waals surface area contributed by atoms with E-state index in [-0.39, 0.29) is 18.0 Å². The normalized spacial score (nSPS) is 20.3. The van der Waals surface area contributed by atoms with Gasteiger partial charge in [0.1, 0.15) is 10.2 Å². The molecule has 0 saturated heterocycles. The van der Waals surface area contributed by atoms with Crippen molar-refractivity contribution in [1.82, 2.24) is 0 Å². The second-order valence-electron chi connectivity index (χ2n) is 5.01. The van der Waals surface area contributed by atoms with E-state index in [9.17, 15) is 5.11 Å². The number of nitrogens with two attached hydrogens (primary N) is 1. The Balaban J connectivity index is 2.15. The fraction of sp³-hybridized carbons (Fsp3) is 0.538. The van der Waals surface area contributed by atoms with Gasteiger partial charge >= 0.3 is 0 Å². The molecule has 0 aromatic heterocycles. The first kappa shape index (κ1) is 12.1. The van der Waals surface area contributed by atoms with Crippen molar-refractivity contribution in [1.29, 1.82) is 0 Å². The van der Waals surface area contributed by atoms with E-state index in [1.54, 1.807) is 0 Å². The van der Waals surface area contributed by atoms with Crippen LogP contribution in [0.5, 0.6) is 17.2 Å². The van der Waals surface area contributed by atoms with Gasteiger partial charge in [0.15, 0.2) is 11.5 Å². The summed E-state index contributed by atoms with van der Waals surface area (Å²) >= 11 is 3.39. The lowest BCUT2D eigenvalue weighted by Crippen LogP contribution is -2.32. The zero-order valence-electron chi connectivity index (χ0n) is 10.0. The number of hydrogen-bond acceptors (Lipinski definition) is 4. The molecule has 3 N–H and O–H groups in total. The number of halogens is 1. The Hall–Kier alpha value is -0.940. The maximum Gasteiger partial charge on any atom is 0.231 e. The number of phenolic OH excluding ortho intramolecular Hbond substituents is 1. The number of fused-ring (bicyclic) bond motifs is 1. The minimum Gasteiger partial charge on any atom is -0.506 e. The Kier molecular flexibility index (Phi) is 2.90. The molecule has 2 aliphatic rings. The fourth-order valence-corrected chi connectivity index (χ4v) is 3.56. The molecule has 1 fully saturated rings. The SMILES string of the molecule is NCC1(c2cc3c(c(Br)c2O)OCO3)CCCC1. The largest absolute Gasteiger partial charge is 0.506 e. The van der Waals surface area contributed by atoms with Crippen molar-refractivity contribution in [3.8, 4) is 17.2 Å². The summed E-state index contributed by atoms with van der Waals surface area (Å²) in [6.07, 6.45) is 4.34. The van der Waals surface area contributed by atoms with Crippen LogP contribution in [-0.2, 0) is 5.41 Å². The van der Waals surface area contributed by atoms with E-state index in [4.69, 9.17) is 15.2 Å². The molecule has 1 aliphatic carbocycles. The summed E-state index contributed by atoms with van der Waals surface area (Å²) in [5.74, 6) is 1.52. The molecule has 1 aromatic rings. The number of phenols is 1. The molecule has 1 heterocycles. The third kappa shape index (κ3) is 1.61. The van der Waals surface area contributed by atoms with Crippen molar-refractivity contribution < 1.29 is 14.6 Å². The molecule has 0 spiro atoms. The van der Waals surface area contributed by atoms with Gasteiger partial charge < -0.3 is 20.3 Å². The summed E-state index contributed by atoms with van der Waals surface area (Å²) in [7, 11) is 0. The second-order valence-corrected chi connectivity index (χ2v) is 5.81. The standard InChI is InChI=1S/C13H16BrNO3/c14-10-11(16)8(5-9-12(10)18-7-17-9)13(6-15)3-1-2-4-13/h5,16H,1-4,6-7,15H2. The summed E-state index contributed by atoms with van der Waals surface area (Å²) in [5, 5.41) is 10.4. The summed E-state index contributed by atoms with van der Waals surface area (Å²) in [5.41, 5.74) is 6.74. The first-order valence-corrected chi connectivity index (χ1v) is 6.99. The van der Waals surface area contributed by atoms with Crippen LogP contribution in [0.4, 0.5) is 0 Å². The van der Waals surface area contributed by atoms with Crippen LogP contribution in [0.25, 0.3) is 0 Å². The third-order valence-corrected chi connectivity index (χ3v) is 4.84. The van der Waals surface area contributed by atoms with Crippen LogP contribution in [0, 0.1) is 0 Å². The lowest BCUT2D eigenvalue weighted by atomic mass is 9.78. The highest BCUT2D eigenvalue weighted by molar-refractivity contribution is 9.10. The highest BCUT2D eigenvalue weighted by Gasteiger charge is 2.39. The number of hydrogen-bond donors (Lipinski definition) is 2. The van der Waals surface area contributed by atoms with Crippen molar-refractivity contribution in [3.63, 3.8) is 0 Å². The fourth-order valence-electron chi connectivity index (χ4n) is 3.03. The van der Waals surface area contributed by atoms with Gasteiger partial charge in [-0.3, -0.25) is 0 Å². The van der Waals surface area contributed by atoms with Crippen molar-refractivity contribution >= 4 is 15.9 Å². The quantitative estimate of drug-likeness (QED) is 0.881. The summed E-state index contributed by atoms with van der Waals surface area (Å²) in [4.78, 5) is 0. The zero-order valence-corrected chi connectivity index (χ0v) is 11.6. The van der Waals surface area contributed by atoms with Gasteiger partial charge in [0.25, 0.3) is 0 Å². The maximum absolute atomic E-state index is 10.4. The summed E-state index contributed by atoms with van der Waals surface area (Å²) in [6.45, 7) is 0.749. The Morgan fingerprint density at radius 1 is 1.33 bits per heavy atom. The number of benzene rings is 1. The van der Waals surface area contributed by atoms with Crippen LogP contribution in [0.2, 0.25) is 0 Å². The third-order valence-electron chi connectivity index (χ3n) is 4.10. The minimum atomic E-state index is -0.117. The van der Waals surface area contributed by atoms with E-state index in [0.29, 0.717) is 22.5 Å². The second kappa shape index (κ2) is 4.31. The molecule has 0 unspecified atom stereocenters. The van der Waals surface area contributed by atoms with E-state index < -0.39 is 0 Å². The summed E-state index contributed by atoms with van der Waals surface area (Å²) in [6, 6.07) is 1.89. The molecule has 1 saturated carbocycles. The van der Waals surface area contributed by atoms with E-state index in [0.717, 1.165) is 31.2 Å². The number of rotatable bonds is 2. The Bertz CT molecular complexity index is 484. The predicted molar refractivity (Wildman–Crippen MR) is 71.1 cm³/mol. The average Bonchev–Trinajstić information content (AvgIpc) is 3.02. The predicted octanol–water partition coefficient (Wildman–Crippen LogP) is 2.65. The Morgan fingerprint density at radius 3 is 2.72 bits per heavy atom. The Morgan fingerprint density at radius 2 is 2.06 bits per heavy atom. The highest BCUT2D eigenvalue weighted by atomic mass is 79.9. The highest BCUT2D eigenvalue weighted by Crippen LogP contribution is 2.52. The van der Waals surface area contributed by atoms with Gasteiger partial charge in [-0.05, 0) is 34.8 Å². The molecule has 1 aromatic carbocycles. The van der Waals surface area contributed by atoms with Crippen LogP contribution in [0.3, 0.4) is 0 Å². The van der Waals surface area contributed by atoms with Gasteiger partial charge in [0.2, 0.25) is 6.79 Å². The molecule has 5 heteroatoms. The van der Waals surface area contributed by atoms with E-state index >= 15 is 0 Å².